The van der Waals surface area contributed by atoms with Crippen LogP contribution in [0, 0.1) is 0 Å². The van der Waals surface area contributed by atoms with Crippen LogP contribution in [0.2, 0.25) is 0 Å². The minimum Gasteiger partial charge on any atom is -0.464 e. The zero-order valence-corrected chi connectivity index (χ0v) is 8.93. The summed E-state index contributed by atoms with van der Waals surface area (Å²) in [6.45, 7) is 8.83. The van der Waals surface area contributed by atoms with E-state index in [1.807, 2.05) is 20.8 Å². The lowest BCUT2D eigenvalue weighted by Gasteiger charge is -2.20. The Kier molecular flexibility index (Phi) is 4.14. The molecule has 0 saturated heterocycles. The summed E-state index contributed by atoms with van der Waals surface area (Å²) in [5, 5.41) is 4.88. The van der Waals surface area contributed by atoms with E-state index >= 15 is 0 Å². The van der Waals surface area contributed by atoms with Crippen LogP contribution in [0.25, 0.3) is 0 Å². The number of esters is 1. The second kappa shape index (κ2) is 4.64. The third-order valence-electron chi connectivity index (χ3n) is 1.18. The van der Waals surface area contributed by atoms with Gasteiger partial charge in [-0.2, -0.15) is 0 Å². The number of hydrogen-bond acceptors (Lipinski definition) is 3. The summed E-state index contributed by atoms with van der Waals surface area (Å²) >= 11 is 0. The van der Waals surface area contributed by atoms with Crippen LogP contribution in [-0.2, 0) is 9.53 Å². The Bertz CT molecular complexity index is 253. The van der Waals surface area contributed by atoms with Gasteiger partial charge in [0.2, 0.25) is 0 Å². The number of nitrogens with one attached hydrogen (secondary N) is 2. The van der Waals surface area contributed by atoms with Gasteiger partial charge in [-0.15, -0.1) is 0 Å². The van der Waals surface area contributed by atoms with Gasteiger partial charge in [0, 0.05) is 5.54 Å². The van der Waals surface area contributed by atoms with Gasteiger partial charge in [0.15, 0.2) is 0 Å². The SMILES string of the molecule is C=C(NC(=O)NC(C)(C)C)C(=O)OC. The molecule has 0 radical (unpaired) electrons. The first-order chi connectivity index (χ1) is 6.26. The second-order valence-electron chi connectivity index (χ2n) is 3.80. The average Bonchev–Trinajstić information content (AvgIpc) is 1.99. The molecule has 14 heavy (non-hydrogen) atoms. The van der Waals surface area contributed by atoms with Crippen LogP contribution >= 0.6 is 0 Å². The highest BCUT2D eigenvalue weighted by molar-refractivity contribution is 5.92. The number of urea groups is 1. The molecule has 2 N–H and O–H groups in total. The molecule has 0 heterocycles. The maximum absolute atomic E-state index is 11.2. The quantitative estimate of drug-likeness (QED) is 0.511. The minimum absolute atomic E-state index is 0.0887. The standard InChI is InChI=1S/C9H16N2O3/c1-6(7(12)14-5)10-8(13)11-9(2,3)4/h1H2,2-5H3,(H2,10,11,13). The lowest BCUT2D eigenvalue weighted by Crippen LogP contribution is -2.46. The van der Waals surface area contributed by atoms with Gasteiger partial charge in [-0.3, -0.25) is 0 Å². The Morgan fingerprint density at radius 1 is 1.29 bits per heavy atom. The van der Waals surface area contributed by atoms with Crippen LogP contribution in [0.5, 0.6) is 0 Å². The van der Waals surface area contributed by atoms with E-state index in [0.29, 0.717) is 0 Å². The van der Waals surface area contributed by atoms with Crippen molar-refractivity contribution < 1.29 is 14.3 Å². The van der Waals surface area contributed by atoms with Crippen molar-refractivity contribution in [3.63, 3.8) is 0 Å². The molecule has 0 aromatic carbocycles. The van der Waals surface area contributed by atoms with Crippen LogP contribution in [0.1, 0.15) is 20.8 Å². The van der Waals surface area contributed by atoms with Gasteiger partial charge in [-0.1, -0.05) is 6.58 Å². The van der Waals surface area contributed by atoms with Crippen molar-refractivity contribution in [1.29, 1.82) is 0 Å². The van der Waals surface area contributed by atoms with Gasteiger partial charge in [0.25, 0.3) is 0 Å². The summed E-state index contributed by atoms with van der Waals surface area (Å²) in [6.07, 6.45) is 0. The molecular formula is C9H16N2O3. The van der Waals surface area contributed by atoms with Crippen LogP contribution in [0.15, 0.2) is 12.3 Å². The largest absolute Gasteiger partial charge is 0.464 e. The zero-order valence-electron chi connectivity index (χ0n) is 8.93. The number of rotatable bonds is 2. The summed E-state index contributed by atoms with van der Waals surface area (Å²) < 4.78 is 4.36. The number of carbonyl (C=O) groups is 2. The van der Waals surface area contributed by atoms with Crippen molar-refractivity contribution in [2.75, 3.05) is 7.11 Å². The lowest BCUT2D eigenvalue weighted by molar-refractivity contribution is -0.136. The predicted octanol–water partition coefficient (Wildman–Crippen LogP) is 0.771. The van der Waals surface area contributed by atoms with Crippen molar-refractivity contribution >= 4 is 12.0 Å². The monoisotopic (exact) mass is 200 g/mol. The summed E-state index contributed by atoms with van der Waals surface area (Å²) in [7, 11) is 1.22. The number of carbonyl (C=O) groups excluding carboxylic acids is 2. The Balaban J connectivity index is 4.08. The first-order valence-corrected chi connectivity index (χ1v) is 4.12. The maximum Gasteiger partial charge on any atom is 0.353 e. The predicted molar refractivity (Wildman–Crippen MR) is 52.6 cm³/mol. The first-order valence-electron chi connectivity index (χ1n) is 4.12. The van der Waals surface area contributed by atoms with Gasteiger partial charge in [0.05, 0.1) is 7.11 Å². The number of hydrogen-bond donors (Lipinski definition) is 2. The van der Waals surface area contributed by atoms with Gasteiger partial charge >= 0.3 is 12.0 Å². The molecule has 0 fully saturated rings. The zero-order chi connectivity index (χ0) is 11.4. The van der Waals surface area contributed by atoms with Gasteiger partial charge < -0.3 is 15.4 Å². The van der Waals surface area contributed by atoms with E-state index in [1.165, 1.54) is 7.11 Å². The summed E-state index contributed by atoms with van der Waals surface area (Å²) in [5.41, 5.74) is -0.449. The smallest absolute Gasteiger partial charge is 0.353 e. The summed E-state index contributed by atoms with van der Waals surface area (Å²) in [5.74, 6) is -0.658. The number of ether oxygens (including phenoxy) is 1. The highest BCUT2D eigenvalue weighted by Crippen LogP contribution is 1.98. The third kappa shape index (κ3) is 5.18. The molecular weight excluding hydrogens is 184 g/mol. The van der Waals surface area contributed by atoms with Crippen molar-refractivity contribution in [2.24, 2.45) is 0 Å². The topological polar surface area (TPSA) is 67.4 Å². The maximum atomic E-state index is 11.2. The summed E-state index contributed by atoms with van der Waals surface area (Å²) in [6, 6.07) is -0.479. The van der Waals surface area contributed by atoms with Crippen LogP contribution < -0.4 is 10.6 Å². The van der Waals surface area contributed by atoms with E-state index in [2.05, 4.69) is 21.9 Å². The molecule has 0 aliphatic rings. The molecule has 5 nitrogen and oxygen atoms in total. The molecule has 80 valence electrons. The summed E-state index contributed by atoms with van der Waals surface area (Å²) in [4.78, 5) is 22.0. The Morgan fingerprint density at radius 2 is 1.79 bits per heavy atom. The molecule has 0 aromatic rings. The molecule has 0 spiro atoms. The van der Waals surface area contributed by atoms with Crippen LogP contribution in [0.4, 0.5) is 4.79 Å². The normalized spacial score (nSPS) is 10.3. The van der Waals surface area contributed by atoms with Crippen LogP contribution in [-0.4, -0.2) is 24.6 Å². The molecule has 0 unspecified atom stereocenters. The molecule has 0 rings (SSSR count). The van der Waals surface area contributed by atoms with E-state index in [0.717, 1.165) is 0 Å². The van der Waals surface area contributed by atoms with Crippen LogP contribution in [0.3, 0.4) is 0 Å². The number of amides is 2. The average molecular weight is 200 g/mol. The fourth-order valence-electron chi connectivity index (χ4n) is 0.683. The second-order valence-corrected chi connectivity index (χ2v) is 3.80. The number of methoxy groups -OCH3 is 1. The molecule has 0 bridgehead atoms. The Hall–Kier alpha value is -1.52. The van der Waals surface area contributed by atoms with E-state index in [-0.39, 0.29) is 11.2 Å². The van der Waals surface area contributed by atoms with Crippen molar-refractivity contribution in [2.45, 2.75) is 26.3 Å². The first kappa shape index (κ1) is 12.5. The fourth-order valence-corrected chi connectivity index (χ4v) is 0.683. The van der Waals surface area contributed by atoms with E-state index in [1.54, 1.807) is 0 Å². The van der Waals surface area contributed by atoms with Crippen molar-refractivity contribution in [3.05, 3.63) is 12.3 Å². The molecule has 0 saturated carbocycles. The van der Waals surface area contributed by atoms with E-state index < -0.39 is 12.0 Å². The highest BCUT2D eigenvalue weighted by Gasteiger charge is 2.16. The van der Waals surface area contributed by atoms with Gasteiger partial charge in [-0.05, 0) is 20.8 Å². The minimum atomic E-state index is -0.658. The molecule has 5 heteroatoms. The Morgan fingerprint density at radius 3 is 2.14 bits per heavy atom. The molecule has 0 aliphatic heterocycles. The van der Waals surface area contributed by atoms with E-state index in [4.69, 9.17) is 0 Å². The fraction of sp³-hybridized carbons (Fsp3) is 0.556. The molecule has 2 amide bonds. The Labute approximate surface area is 83.5 Å². The van der Waals surface area contributed by atoms with Crippen molar-refractivity contribution in [3.8, 4) is 0 Å². The molecule has 0 atom stereocenters. The van der Waals surface area contributed by atoms with Gasteiger partial charge in [0.1, 0.15) is 5.70 Å². The van der Waals surface area contributed by atoms with Crippen molar-refractivity contribution in [1.82, 2.24) is 10.6 Å². The highest BCUT2D eigenvalue weighted by atomic mass is 16.5. The van der Waals surface area contributed by atoms with Gasteiger partial charge in [-0.25, -0.2) is 9.59 Å². The van der Waals surface area contributed by atoms with E-state index in [9.17, 15) is 9.59 Å². The molecule has 0 aromatic heterocycles. The third-order valence-corrected chi connectivity index (χ3v) is 1.18. The lowest BCUT2D eigenvalue weighted by atomic mass is 10.1. The molecule has 0 aliphatic carbocycles.